The van der Waals surface area contributed by atoms with Crippen molar-refractivity contribution in [2.24, 2.45) is 11.8 Å². The number of hydrogen-bond donors (Lipinski definition) is 1. The fraction of sp³-hybridized carbons (Fsp3) is 0.938. The van der Waals surface area contributed by atoms with Crippen molar-refractivity contribution >= 4 is 5.97 Å². The monoisotopic (exact) mass is 282 g/mol. The average molecular weight is 282 g/mol. The third kappa shape index (κ3) is 3.53. The topological polar surface area (TPSA) is 41.6 Å². The Kier molecular flexibility index (Phi) is 5.44. The number of nitrogens with zero attached hydrogens (tertiary/aromatic N) is 1. The highest BCUT2D eigenvalue weighted by molar-refractivity contribution is 5.80. The fourth-order valence-electron chi connectivity index (χ4n) is 4.08. The smallest absolute Gasteiger partial charge is 0.327 e. The average Bonchev–Trinajstić information content (AvgIpc) is 2.46. The van der Waals surface area contributed by atoms with E-state index in [0.717, 1.165) is 38.0 Å². The van der Waals surface area contributed by atoms with Gasteiger partial charge in [-0.3, -0.25) is 4.79 Å². The first kappa shape index (κ1) is 15.8. The molecule has 1 aliphatic carbocycles. The van der Waals surface area contributed by atoms with Gasteiger partial charge in [-0.1, -0.05) is 26.2 Å². The van der Waals surface area contributed by atoms with Crippen LogP contribution in [0.3, 0.4) is 0 Å². The standard InChI is InChI=1S/C16H30N2O2/c1-4-17-16(2,15(19)20-3)12-18-10-9-13-7-5-6-8-14(13)11-18/h13-14,17H,4-12H2,1-3H3. The van der Waals surface area contributed by atoms with Crippen molar-refractivity contribution in [2.75, 3.05) is 33.3 Å². The SMILES string of the molecule is CCNC(C)(CN1CCC2CCCCC2C1)C(=O)OC. The molecule has 1 saturated carbocycles. The lowest BCUT2D eigenvalue weighted by atomic mass is 9.75. The molecule has 3 unspecified atom stereocenters. The van der Waals surface area contributed by atoms with Crippen molar-refractivity contribution in [3.05, 3.63) is 0 Å². The first-order valence-corrected chi connectivity index (χ1v) is 8.15. The van der Waals surface area contributed by atoms with E-state index in [1.807, 2.05) is 13.8 Å². The molecular weight excluding hydrogens is 252 g/mol. The Morgan fingerprint density at radius 2 is 2.00 bits per heavy atom. The molecule has 0 bridgehead atoms. The molecule has 1 saturated heterocycles. The number of nitrogens with one attached hydrogen (secondary N) is 1. The van der Waals surface area contributed by atoms with Crippen LogP contribution in [-0.4, -0.2) is 49.7 Å². The Morgan fingerprint density at radius 1 is 1.30 bits per heavy atom. The molecule has 0 aromatic rings. The van der Waals surface area contributed by atoms with E-state index in [1.165, 1.54) is 39.2 Å². The van der Waals surface area contributed by atoms with Crippen molar-refractivity contribution in [3.63, 3.8) is 0 Å². The lowest BCUT2D eigenvalue weighted by Gasteiger charge is -2.43. The molecule has 2 fully saturated rings. The van der Waals surface area contributed by atoms with Crippen LogP contribution in [0.25, 0.3) is 0 Å². The molecule has 1 heterocycles. The van der Waals surface area contributed by atoms with E-state index in [1.54, 1.807) is 0 Å². The van der Waals surface area contributed by atoms with Crippen LogP contribution in [0.5, 0.6) is 0 Å². The predicted molar refractivity (Wildman–Crippen MR) is 80.6 cm³/mol. The summed E-state index contributed by atoms with van der Waals surface area (Å²) in [5, 5.41) is 3.31. The zero-order valence-electron chi connectivity index (χ0n) is 13.3. The van der Waals surface area contributed by atoms with Crippen LogP contribution >= 0.6 is 0 Å². The third-order valence-electron chi connectivity index (χ3n) is 5.12. The fourth-order valence-corrected chi connectivity index (χ4v) is 4.08. The highest BCUT2D eigenvalue weighted by atomic mass is 16.5. The van der Waals surface area contributed by atoms with Gasteiger partial charge in [0.05, 0.1) is 7.11 Å². The van der Waals surface area contributed by atoms with Crippen LogP contribution in [-0.2, 0) is 9.53 Å². The van der Waals surface area contributed by atoms with E-state index in [0.29, 0.717) is 0 Å². The number of rotatable bonds is 5. The number of piperidine rings is 1. The Labute approximate surface area is 123 Å². The van der Waals surface area contributed by atoms with E-state index < -0.39 is 5.54 Å². The van der Waals surface area contributed by atoms with Crippen molar-refractivity contribution in [1.29, 1.82) is 0 Å². The molecule has 3 atom stereocenters. The van der Waals surface area contributed by atoms with E-state index >= 15 is 0 Å². The van der Waals surface area contributed by atoms with Gasteiger partial charge in [0.15, 0.2) is 0 Å². The van der Waals surface area contributed by atoms with Crippen LogP contribution in [0.4, 0.5) is 0 Å². The summed E-state index contributed by atoms with van der Waals surface area (Å²) in [6, 6.07) is 0. The van der Waals surface area contributed by atoms with Crippen molar-refractivity contribution in [1.82, 2.24) is 10.2 Å². The highest BCUT2D eigenvalue weighted by Gasteiger charge is 2.38. The van der Waals surface area contributed by atoms with Gasteiger partial charge in [-0.15, -0.1) is 0 Å². The minimum absolute atomic E-state index is 0.148. The maximum absolute atomic E-state index is 12.1. The molecule has 116 valence electrons. The maximum atomic E-state index is 12.1. The van der Waals surface area contributed by atoms with Gasteiger partial charge in [0.2, 0.25) is 0 Å². The zero-order valence-corrected chi connectivity index (χ0v) is 13.3. The highest BCUT2D eigenvalue weighted by Crippen LogP contribution is 2.36. The quantitative estimate of drug-likeness (QED) is 0.784. The van der Waals surface area contributed by atoms with E-state index in [2.05, 4.69) is 10.2 Å². The number of likely N-dealkylation sites (N-methyl/N-ethyl adjacent to an activating group) is 1. The lowest BCUT2D eigenvalue weighted by Crippen LogP contribution is -2.59. The van der Waals surface area contributed by atoms with E-state index in [-0.39, 0.29) is 5.97 Å². The summed E-state index contributed by atoms with van der Waals surface area (Å²) in [6.45, 7) is 7.83. The van der Waals surface area contributed by atoms with Gasteiger partial charge >= 0.3 is 5.97 Å². The van der Waals surface area contributed by atoms with Crippen LogP contribution in [0.1, 0.15) is 46.0 Å². The molecule has 0 radical (unpaired) electrons. The number of ether oxygens (including phenoxy) is 1. The van der Waals surface area contributed by atoms with Crippen molar-refractivity contribution < 1.29 is 9.53 Å². The Balaban J connectivity index is 1.95. The van der Waals surface area contributed by atoms with Gasteiger partial charge in [0.1, 0.15) is 5.54 Å². The normalized spacial score (nSPS) is 30.4. The molecule has 4 nitrogen and oxygen atoms in total. The second-order valence-electron chi connectivity index (χ2n) is 6.68. The molecule has 1 aliphatic heterocycles. The number of hydrogen-bond acceptors (Lipinski definition) is 4. The van der Waals surface area contributed by atoms with Crippen molar-refractivity contribution in [3.8, 4) is 0 Å². The van der Waals surface area contributed by atoms with Crippen LogP contribution < -0.4 is 5.32 Å². The Morgan fingerprint density at radius 3 is 2.65 bits per heavy atom. The summed E-state index contributed by atoms with van der Waals surface area (Å²) in [5.74, 6) is 1.63. The summed E-state index contributed by atoms with van der Waals surface area (Å²) in [4.78, 5) is 14.5. The summed E-state index contributed by atoms with van der Waals surface area (Å²) in [6.07, 6.45) is 6.89. The molecule has 0 spiro atoms. The van der Waals surface area contributed by atoms with Gasteiger partial charge in [-0.2, -0.15) is 0 Å². The largest absolute Gasteiger partial charge is 0.468 e. The molecule has 2 rings (SSSR count). The molecule has 0 aromatic carbocycles. The first-order chi connectivity index (χ1) is 9.59. The first-order valence-electron chi connectivity index (χ1n) is 8.15. The minimum atomic E-state index is -0.578. The molecule has 0 amide bonds. The molecule has 1 N–H and O–H groups in total. The number of esters is 1. The zero-order chi connectivity index (χ0) is 14.6. The number of likely N-dealkylation sites (tertiary alicyclic amines) is 1. The van der Waals surface area contributed by atoms with Gasteiger partial charge in [-0.25, -0.2) is 0 Å². The summed E-state index contributed by atoms with van der Waals surface area (Å²) in [5.41, 5.74) is -0.578. The molecular formula is C16H30N2O2. The Bertz CT molecular complexity index is 334. The minimum Gasteiger partial charge on any atom is -0.468 e. The van der Waals surface area contributed by atoms with Crippen LogP contribution in [0.2, 0.25) is 0 Å². The van der Waals surface area contributed by atoms with Gasteiger partial charge in [0.25, 0.3) is 0 Å². The number of methoxy groups -OCH3 is 1. The number of carbonyl (C=O) groups is 1. The Hall–Kier alpha value is -0.610. The summed E-state index contributed by atoms with van der Waals surface area (Å²) >= 11 is 0. The third-order valence-corrected chi connectivity index (χ3v) is 5.12. The molecule has 2 aliphatic rings. The van der Waals surface area contributed by atoms with Crippen LogP contribution in [0, 0.1) is 11.8 Å². The molecule has 0 aromatic heterocycles. The molecule has 20 heavy (non-hydrogen) atoms. The predicted octanol–water partition coefficient (Wildman–Crippen LogP) is 2.04. The van der Waals surface area contributed by atoms with E-state index in [4.69, 9.17) is 4.74 Å². The van der Waals surface area contributed by atoms with Gasteiger partial charge < -0.3 is 15.0 Å². The summed E-state index contributed by atoms with van der Waals surface area (Å²) in [7, 11) is 1.48. The van der Waals surface area contributed by atoms with E-state index in [9.17, 15) is 4.79 Å². The maximum Gasteiger partial charge on any atom is 0.327 e. The lowest BCUT2D eigenvalue weighted by molar-refractivity contribution is -0.149. The van der Waals surface area contributed by atoms with Gasteiger partial charge in [-0.05, 0) is 44.7 Å². The van der Waals surface area contributed by atoms with Crippen LogP contribution in [0.15, 0.2) is 0 Å². The number of carbonyl (C=O) groups excluding carboxylic acids is 1. The second kappa shape index (κ2) is 6.90. The summed E-state index contributed by atoms with van der Waals surface area (Å²) < 4.78 is 4.99. The second-order valence-corrected chi connectivity index (χ2v) is 6.68. The van der Waals surface area contributed by atoms with Crippen molar-refractivity contribution in [2.45, 2.75) is 51.5 Å². The number of fused-ring (bicyclic) bond motifs is 1. The molecule has 4 heteroatoms. The van der Waals surface area contributed by atoms with Gasteiger partial charge in [0, 0.05) is 13.1 Å².